The first-order chi connectivity index (χ1) is 13.3. The summed E-state index contributed by atoms with van der Waals surface area (Å²) in [4.78, 5) is 13.0. The van der Waals surface area contributed by atoms with Gasteiger partial charge in [0.2, 0.25) is 0 Å². The van der Waals surface area contributed by atoms with E-state index in [0.29, 0.717) is 6.54 Å². The molecule has 0 unspecified atom stereocenters. The molecular weight excluding hydrogens is 367 g/mol. The molecule has 0 amide bonds. The Morgan fingerprint density at radius 2 is 1.46 bits per heavy atom. The van der Waals surface area contributed by atoms with Crippen LogP contribution in [-0.2, 0) is 17.6 Å². The monoisotopic (exact) mass is 391 g/mol. The van der Waals surface area contributed by atoms with Gasteiger partial charge < -0.3 is 10.0 Å². The van der Waals surface area contributed by atoms with Crippen molar-refractivity contribution in [2.75, 3.05) is 19.6 Å². The van der Waals surface area contributed by atoms with Crippen LogP contribution in [0.3, 0.4) is 0 Å². The van der Waals surface area contributed by atoms with Crippen molar-refractivity contribution < 1.29 is 23.1 Å². The lowest BCUT2D eigenvalue weighted by Gasteiger charge is -2.24. The van der Waals surface area contributed by atoms with Crippen LogP contribution >= 0.6 is 0 Å². The highest BCUT2D eigenvalue weighted by Gasteiger charge is 2.52. The van der Waals surface area contributed by atoms with Crippen LogP contribution in [0.5, 0.6) is 0 Å². The van der Waals surface area contributed by atoms with E-state index in [9.17, 15) is 23.1 Å². The van der Waals surface area contributed by atoms with Crippen LogP contribution in [0.15, 0.2) is 60.7 Å². The number of benzene rings is 2. The number of carboxylic acids is 1. The Morgan fingerprint density at radius 1 is 0.964 bits per heavy atom. The SMILES string of the molecule is O=C(O)[C@@H]1CN(CC(Cc2ccccc2)Cc2ccccc2)C[C@H]1C(F)(F)F. The van der Waals surface area contributed by atoms with Crippen LogP contribution in [0.2, 0.25) is 0 Å². The first kappa shape index (κ1) is 20.4. The zero-order valence-corrected chi connectivity index (χ0v) is 15.5. The fourth-order valence-electron chi connectivity index (χ4n) is 4.08. The molecule has 1 N–H and O–H groups in total. The molecule has 1 saturated heterocycles. The van der Waals surface area contributed by atoms with E-state index in [1.807, 2.05) is 60.7 Å². The van der Waals surface area contributed by atoms with Gasteiger partial charge in [0.25, 0.3) is 0 Å². The number of hydrogen-bond donors (Lipinski definition) is 1. The van der Waals surface area contributed by atoms with E-state index < -0.39 is 24.0 Å². The lowest BCUT2D eigenvalue weighted by molar-refractivity contribution is -0.188. The summed E-state index contributed by atoms with van der Waals surface area (Å²) in [5.74, 6) is -4.47. The van der Waals surface area contributed by atoms with Gasteiger partial charge in [-0.05, 0) is 29.9 Å². The molecule has 2 atom stereocenters. The molecule has 1 fully saturated rings. The van der Waals surface area contributed by atoms with Gasteiger partial charge in [-0.2, -0.15) is 13.2 Å². The third kappa shape index (κ3) is 5.35. The van der Waals surface area contributed by atoms with Crippen molar-refractivity contribution in [3.8, 4) is 0 Å². The second-order valence-corrected chi connectivity index (χ2v) is 7.56. The summed E-state index contributed by atoms with van der Waals surface area (Å²) in [7, 11) is 0. The molecule has 3 nitrogen and oxygen atoms in total. The molecule has 3 rings (SSSR count). The first-order valence-corrected chi connectivity index (χ1v) is 9.42. The van der Waals surface area contributed by atoms with Crippen molar-refractivity contribution in [1.29, 1.82) is 0 Å². The topological polar surface area (TPSA) is 40.5 Å². The predicted molar refractivity (Wildman–Crippen MR) is 101 cm³/mol. The summed E-state index contributed by atoms with van der Waals surface area (Å²) in [6, 6.07) is 19.7. The number of carboxylic acid groups (broad SMARTS) is 1. The largest absolute Gasteiger partial charge is 0.481 e. The molecule has 0 aromatic heterocycles. The smallest absolute Gasteiger partial charge is 0.393 e. The van der Waals surface area contributed by atoms with Gasteiger partial charge in [-0.25, -0.2) is 0 Å². The molecule has 28 heavy (non-hydrogen) atoms. The fraction of sp³-hybridized carbons (Fsp3) is 0.409. The minimum Gasteiger partial charge on any atom is -0.481 e. The van der Waals surface area contributed by atoms with E-state index in [4.69, 9.17) is 0 Å². The summed E-state index contributed by atoms with van der Waals surface area (Å²) in [6.45, 7) is 0.139. The molecule has 0 aliphatic carbocycles. The molecule has 1 aliphatic heterocycles. The van der Waals surface area contributed by atoms with Crippen molar-refractivity contribution in [2.45, 2.75) is 19.0 Å². The summed E-state index contributed by atoms with van der Waals surface area (Å²) in [5, 5.41) is 9.24. The Hall–Kier alpha value is -2.34. The van der Waals surface area contributed by atoms with Crippen molar-refractivity contribution in [3.05, 3.63) is 71.8 Å². The molecule has 2 aromatic carbocycles. The Labute approximate surface area is 162 Å². The third-order valence-electron chi connectivity index (χ3n) is 5.38. The maximum absolute atomic E-state index is 13.3. The highest BCUT2D eigenvalue weighted by Crippen LogP contribution is 2.38. The third-order valence-corrected chi connectivity index (χ3v) is 5.38. The van der Waals surface area contributed by atoms with Crippen LogP contribution in [0.1, 0.15) is 11.1 Å². The molecule has 0 bridgehead atoms. The molecule has 0 spiro atoms. The van der Waals surface area contributed by atoms with Gasteiger partial charge in [-0.15, -0.1) is 0 Å². The normalized spacial score (nSPS) is 20.6. The van der Waals surface area contributed by atoms with Crippen molar-refractivity contribution >= 4 is 5.97 Å². The second-order valence-electron chi connectivity index (χ2n) is 7.56. The van der Waals surface area contributed by atoms with E-state index in [0.717, 1.165) is 24.0 Å². The van der Waals surface area contributed by atoms with Gasteiger partial charge in [0.05, 0.1) is 11.8 Å². The Balaban J connectivity index is 1.74. The van der Waals surface area contributed by atoms with E-state index in [1.54, 1.807) is 4.90 Å². The van der Waals surface area contributed by atoms with E-state index in [1.165, 1.54) is 0 Å². The summed E-state index contributed by atoms with van der Waals surface area (Å²) < 4.78 is 39.9. The second kappa shape index (κ2) is 8.78. The van der Waals surface area contributed by atoms with E-state index in [-0.39, 0.29) is 19.0 Å². The van der Waals surface area contributed by atoms with Crippen LogP contribution in [0, 0.1) is 17.8 Å². The number of halogens is 3. The summed E-state index contributed by atoms with van der Waals surface area (Å²) in [6.07, 6.45) is -3.02. The van der Waals surface area contributed by atoms with Crippen LogP contribution < -0.4 is 0 Å². The number of nitrogens with zero attached hydrogens (tertiary/aromatic N) is 1. The lowest BCUT2D eigenvalue weighted by atomic mass is 9.92. The standard InChI is InChI=1S/C22H24F3NO2/c23-22(24,25)20-15-26(14-19(20)21(27)28)13-18(11-16-7-3-1-4-8-16)12-17-9-5-2-6-10-17/h1-10,18-20H,11-15H2,(H,27,28)/t19-,20-/m1/s1. The number of alkyl halides is 3. The van der Waals surface area contributed by atoms with Crippen molar-refractivity contribution in [3.63, 3.8) is 0 Å². The number of hydrogen-bond acceptors (Lipinski definition) is 2. The van der Waals surface area contributed by atoms with Gasteiger partial charge in [0.1, 0.15) is 0 Å². The molecule has 1 aliphatic rings. The molecule has 1 heterocycles. The van der Waals surface area contributed by atoms with Crippen LogP contribution in [-0.4, -0.2) is 41.8 Å². The highest BCUT2D eigenvalue weighted by atomic mass is 19.4. The Morgan fingerprint density at radius 3 is 1.86 bits per heavy atom. The maximum Gasteiger partial charge on any atom is 0.393 e. The zero-order chi connectivity index (χ0) is 20.1. The first-order valence-electron chi connectivity index (χ1n) is 9.42. The van der Waals surface area contributed by atoms with E-state index >= 15 is 0 Å². The Bertz CT molecular complexity index is 723. The zero-order valence-electron chi connectivity index (χ0n) is 15.5. The molecule has 150 valence electrons. The number of likely N-dealkylation sites (tertiary alicyclic amines) is 1. The minimum absolute atomic E-state index is 0.0560. The van der Waals surface area contributed by atoms with Gasteiger partial charge in [0.15, 0.2) is 0 Å². The van der Waals surface area contributed by atoms with E-state index in [2.05, 4.69) is 0 Å². The predicted octanol–water partition coefficient (Wildman–Crippen LogP) is 4.28. The number of carbonyl (C=O) groups is 1. The van der Waals surface area contributed by atoms with Crippen molar-refractivity contribution in [1.82, 2.24) is 4.90 Å². The molecule has 0 radical (unpaired) electrons. The molecule has 6 heteroatoms. The average Bonchev–Trinajstić information content (AvgIpc) is 3.08. The van der Waals surface area contributed by atoms with Gasteiger partial charge in [-0.1, -0.05) is 60.7 Å². The quantitative estimate of drug-likeness (QED) is 0.766. The molecule has 2 aromatic rings. The lowest BCUT2D eigenvalue weighted by Crippen LogP contribution is -2.34. The highest BCUT2D eigenvalue weighted by molar-refractivity contribution is 5.71. The minimum atomic E-state index is -4.49. The van der Waals surface area contributed by atoms with Gasteiger partial charge in [-0.3, -0.25) is 4.79 Å². The van der Waals surface area contributed by atoms with Crippen molar-refractivity contribution in [2.24, 2.45) is 17.8 Å². The van der Waals surface area contributed by atoms with Gasteiger partial charge in [0, 0.05) is 19.6 Å². The fourth-order valence-corrected chi connectivity index (χ4v) is 4.08. The maximum atomic E-state index is 13.3. The Kier molecular flexibility index (Phi) is 6.39. The van der Waals surface area contributed by atoms with Gasteiger partial charge >= 0.3 is 12.1 Å². The summed E-state index contributed by atoms with van der Waals surface area (Å²) >= 11 is 0. The van der Waals surface area contributed by atoms with Crippen LogP contribution in [0.4, 0.5) is 13.2 Å². The molecule has 0 saturated carbocycles. The molecular formula is C22H24F3NO2. The number of aliphatic carboxylic acids is 1. The average molecular weight is 391 g/mol. The summed E-state index contributed by atoms with van der Waals surface area (Å²) in [5.41, 5.74) is 2.26. The van der Waals surface area contributed by atoms with Crippen LogP contribution in [0.25, 0.3) is 0 Å². The number of rotatable bonds is 7.